The highest BCUT2D eigenvalue weighted by atomic mass is 32.1. The van der Waals surface area contributed by atoms with Crippen molar-refractivity contribution in [2.24, 2.45) is 0 Å². The van der Waals surface area contributed by atoms with Crippen molar-refractivity contribution in [1.82, 2.24) is 9.88 Å². The van der Waals surface area contributed by atoms with Crippen molar-refractivity contribution in [2.75, 3.05) is 13.2 Å². The lowest BCUT2D eigenvalue weighted by atomic mass is 10.1. The molecule has 6 heteroatoms. The summed E-state index contributed by atoms with van der Waals surface area (Å²) in [5.74, 6) is 0.739. The van der Waals surface area contributed by atoms with Crippen LogP contribution in [0.4, 0.5) is 0 Å². The van der Waals surface area contributed by atoms with Gasteiger partial charge in [0.15, 0.2) is 0 Å². The first-order valence-electron chi connectivity index (χ1n) is 8.28. The van der Waals surface area contributed by atoms with E-state index < -0.39 is 0 Å². The third-order valence-corrected chi connectivity index (χ3v) is 5.77. The molecule has 1 saturated heterocycles. The minimum Gasteiger partial charge on any atom is -0.471 e. The third-order valence-electron chi connectivity index (χ3n) is 4.76. The number of carbonyl (C=O) groups is 1. The van der Waals surface area contributed by atoms with E-state index in [4.69, 9.17) is 9.47 Å². The molecule has 0 bridgehead atoms. The van der Waals surface area contributed by atoms with E-state index in [1.54, 1.807) is 6.20 Å². The normalized spacial score (nSPS) is 26.2. The number of carbonyl (C=O) groups excluding carboxylic acids is 1. The van der Waals surface area contributed by atoms with Gasteiger partial charge in [-0.2, -0.15) is 0 Å². The lowest BCUT2D eigenvalue weighted by Crippen LogP contribution is -2.54. The Kier molecular flexibility index (Phi) is 4.24. The summed E-state index contributed by atoms with van der Waals surface area (Å²) in [7, 11) is 0. The standard InChI is InChI=1S/C18H20N2O3S/c1-12-7-11-24-17(12)18(21)20-9-10-22-16-13(20)5-6-14(16)23-15-4-2-3-8-19-15/h2-4,7-8,11,13-14,16H,5-6,9-10H2,1H3/t13-,14-,16+/m1/s1. The molecule has 2 aliphatic rings. The summed E-state index contributed by atoms with van der Waals surface area (Å²) in [6, 6.07) is 7.71. The van der Waals surface area contributed by atoms with Crippen molar-refractivity contribution in [3.05, 3.63) is 46.3 Å². The molecule has 0 unspecified atom stereocenters. The summed E-state index contributed by atoms with van der Waals surface area (Å²) in [6.45, 7) is 3.19. The fourth-order valence-corrected chi connectivity index (χ4v) is 4.47. The number of aromatic nitrogens is 1. The minimum atomic E-state index is -0.0787. The molecule has 3 atom stereocenters. The van der Waals surface area contributed by atoms with E-state index in [1.165, 1.54) is 11.3 Å². The number of fused-ring (bicyclic) bond motifs is 1. The van der Waals surface area contributed by atoms with E-state index in [0.29, 0.717) is 19.0 Å². The van der Waals surface area contributed by atoms with Crippen LogP contribution in [0.25, 0.3) is 0 Å². The van der Waals surface area contributed by atoms with Gasteiger partial charge in [0.1, 0.15) is 12.2 Å². The zero-order valence-electron chi connectivity index (χ0n) is 13.6. The molecular formula is C18H20N2O3S. The number of amides is 1. The Morgan fingerprint density at radius 1 is 1.38 bits per heavy atom. The van der Waals surface area contributed by atoms with Crippen LogP contribution in [0.1, 0.15) is 28.1 Å². The van der Waals surface area contributed by atoms with Crippen molar-refractivity contribution in [1.29, 1.82) is 0 Å². The second-order valence-electron chi connectivity index (χ2n) is 6.24. The second-order valence-corrected chi connectivity index (χ2v) is 7.15. The highest BCUT2D eigenvalue weighted by Gasteiger charge is 2.46. The number of aryl methyl sites for hydroxylation is 1. The summed E-state index contributed by atoms with van der Waals surface area (Å²) in [6.07, 6.45) is 3.37. The Balaban J connectivity index is 1.50. The fourth-order valence-electron chi connectivity index (χ4n) is 3.59. The fraction of sp³-hybridized carbons (Fsp3) is 0.444. The van der Waals surface area contributed by atoms with Gasteiger partial charge in [-0.3, -0.25) is 4.79 Å². The van der Waals surface area contributed by atoms with Gasteiger partial charge in [-0.15, -0.1) is 11.3 Å². The van der Waals surface area contributed by atoms with Crippen LogP contribution >= 0.6 is 11.3 Å². The Morgan fingerprint density at radius 2 is 2.29 bits per heavy atom. The maximum Gasteiger partial charge on any atom is 0.264 e. The van der Waals surface area contributed by atoms with Crippen LogP contribution in [0.15, 0.2) is 35.8 Å². The maximum atomic E-state index is 12.9. The molecular weight excluding hydrogens is 324 g/mol. The van der Waals surface area contributed by atoms with Crippen molar-refractivity contribution in [3.8, 4) is 5.88 Å². The number of thiophene rings is 1. The van der Waals surface area contributed by atoms with Gasteiger partial charge in [0.2, 0.25) is 5.88 Å². The molecule has 1 aliphatic heterocycles. The first-order chi connectivity index (χ1) is 11.7. The Bertz CT molecular complexity index is 718. The molecule has 2 aromatic rings. The minimum absolute atomic E-state index is 0.0510. The monoisotopic (exact) mass is 344 g/mol. The van der Waals surface area contributed by atoms with E-state index in [-0.39, 0.29) is 24.2 Å². The Labute approximate surface area is 145 Å². The summed E-state index contributed by atoms with van der Waals surface area (Å²) in [5, 5.41) is 1.97. The smallest absolute Gasteiger partial charge is 0.264 e. The number of hydrogen-bond acceptors (Lipinski definition) is 5. The Hall–Kier alpha value is -1.92. The van der Waals surface area contributed by atoms with Crippen LogP contribution in [-0.2, 0) is 4.74 Å². The molecule has 0 spiro atoms. The van der Waals surface area contributed by atoms with Crippen LogP contribution in [0, 0.1) is 6.92 Å². The van der Waals surface area contributed by atoms with Crippen LogP contribution in [0.2, 0.25) is 0 Å². The molecule has 3 heterocycles. The molecule has 1 aliphatic carbocycles. The number of morpholine rings is 1. The van der Waals surface area contributed by atoms with Gasteiger partial charge >= 0.3 is 0 Å². The number of pyridine rings is 1. The zero-order chi connectivity index (χ0) is 16.5. The lowest BCUT2D eigenvalue weighted by molar-refractivity contribution is -0.0792. The number of ether oxygens (including phenoxy) is 2. The molecule has 126 valence electrons. The molecule has 0 radical (unpaired) electrons. The van der Waals surface area contributed by atoms with Crippen LogP contribution in [-0.4, -0.2) is 47.2 Å². The van der Waals surface area contributed by atoms with Crippen molar-refractivity contribution in [2.45, 2.75) is 38.0 Å². The number of rotatable bonds is 3. The van der Waals surface area contributed by atoms with Crippen LogP contribution in [0.3, 0.4) is 0 Å². The summed E-state index contributed by atoms with van der Waals surface area (Å²) >= 11 is 1.52. The molecule has 1 saturated carbocycles. The van der Waals surface area contributed by atoms with Crippen LogP contribution in [0.5, 0.6) is 5.88 Å². The predicted molar refractivity (Wildman–Crippen MR) is 91.5 cm³/mol. The average molecular weight is 344 g/mol. The zero-order valence-corrected chi connectivity index (χ0v) is 14.4. The SMILES string of the molecule is Cc1ccsc1C(=O)N1CCO[C@H]2[C@H]1CC[C@H]2Oc1ccccn1. The van der Waals surface area contributed by atoms with Gasteiger partial charge < -0.3 is 14.4 Å². The quantitative estimate of drug-likeness (QED) is 0.859. The molecule has 2 aromatic heterocycles. The van der Waals surface area contributed by atoms with Crippen molar-refractivity contribution >= 4 is 17.2 Å². The second kappa shape index (κ2) is 6.53. The molecule has 1 amide bonds. The third kappa shape index (κ3) is 2.80. The van der Waals surface area contributed by atoms with E-state index in [0.717, 1.165) is 23.3 Å². The van der Waals surface area contributed by atoms with E-state index >= 15 is 0 Å². The van der Waals surface area contributed by atoms with Gasteiger partial charge in [-0.25, -0.2) is 4.98 Å². The average Bonchev–Trinajstić information content (AvgIpc) is 3.22. The Morgan fingerprint density at radius 3 is 3.04 bits per heavy atom. The summed E-state index contributed by atoms with van der Waals surface area (Å²) < 4.78 is 12.0. The molecule has 0 aromatic carbocycles. The topological polar surface area (TPSA) is 51.7 Å². The molecule has 4 rings (SSSR count). The lowest BCUT2D eigenvalue weighted by Gasteiger charge is -2.38. The number of nitrogens with zero attached hydrogens (tertiary/aromatic N) is 2. The first kappa shape index (κ1) is 15.6. The molecule has 5 nitrogen and oxygen atoms in total. The van der Waals surface area contributed by atoms with Gasteiger partial charge in [0, 0.05) is 18.8 Å². The van der Waals surface area contributed by atoms with Gasteiger partial charge in [0.05, 0.1) is 17.5 Å². The predicted octanol–water partition coefficient (Wildman–Crippen LogP) is 2.90. The van der Waals surface area contributed by atoms with Crippen LogP contribution < -0.4 is 4.74 Å². The van der Waals surface area contributed by atoms with Crippen molar-refractivity contribution < 1.29 is 14.3 Å². The van der Waals surface area contributed by atoms with E-state index in [9.17, 15) is 4.79 Å². The molecule has 2 fully saturated rings. The highest BCUT2D eigenvalue weighted by Crippen LogP contribution is 2.34. The largest absolute Gasteiger partial charge is 0.471 e. The summed E-state index contributed by atoms with van der Waals surface area (Å²) in [4.78, 5) is 20.0. The van der Waals surface area contributed by atoms with Gasteiger partial charge in [0.25, 0.3) is 5.91 Å². The summed E-state index contributed by atoms with van der Waals surface area (Å²) in [5.41, 5.74) is 1.05. The van der Waals surface area contributed by atoms with E-state index in [2.05, 4.69) is 4.98 Å². The number of hydrogen-bond donors (Lipinski definition) is 0. The first-order valence-corrected chi connectivity index (χ1v) is 9.16. The van der Waals surface area contributed by atoms with Crippen molar-refractivity contribution in [3.63, 3.8) is 0 Å². The highest BCUT2D eigenvalue weighted by molar-refractivity contribution is 7.12. The molecule has 0 N–H and O–H groups in total. The maximum absolute atomic E-state index is 12.9. The van der Waals surface area contributed by atoms with Gasteiger partial charge in [-0.05, 0) is 42.8 Å². The molecule has 24 heavy (non-hydrogen) atoms. The van der Waals surface area contributed by atoms with Gasteiger partial charge in [-0.1, -0.05) is 6.07 Å². The van der Waals surface area contributed by atoms with E-state index in [1.807, 2.05) is 41.5 Å².